The van der Waals surface area contributed by atoms with E-state index in [9.17, 15) is 35.1 Å². The van der Waals surface area contributed by atoms with Crippen molar-refractivity contribution in [1.29, 1.82) is 0 Å². The number of halogens is 8. The van der Waals surface area contributed by atoms with Crippen molar-refractivity contribution in [2.75, 3.05) is 13.9 Å². The number of hydrogen-bond donors (Lipinski definition) is 0. The van der Waals surface area contributed by atoms with Crippen molar-refractivity contribution >= 4 is 0 Å². The largest absolute Gasteiger partial charge is 0.439 e. The summed E-state index contributed by atoms with van der Waals surface area (Å²) in [6.45, 7) is 0.231. The first-order valence-electron chi connectivity index (χ1n) is 10.4. The summed E-state index contributed by atoms with van der Waals surface area (Å²) >= 11 is 0. The Labute approximate surface area is 190 Å². The zero-order valence-corrected chi connectivity index (χ0v) is 18.0. The molecule has 188 valence electrons. The molecule has 34 heavy (non-hydrogen) atoms. The predicted octanol–water partition coefficient (Wildman–Crippen LogP) is 7.15. The molecule has 0 radical (unpaired) electrons. The third-order valence-electron chi connectivity index (χ3n) is 5.63. The third kappa shape index (κ3) is 6.18. The van der Waals surface area contributed by atoms with Gasteiger partial charge in [-0.1, -0.05) is 24.3 Å². The Hall–Kier alpha value is -2.40. The Kier molecular flexibility index (Phi) is 8.07. The zero-order chi connectivity index (χ0) is 25.1. The molecule has 0 aromatic heterocycles. The summed E-state index contributed by atoms with van der Waals surface area (Å²) in [4.78, 5) is 0. The summed E-state index contributed by atoms with van der Waals surface area (Å²) in [7, 11) is 1.55. The van der Waals surface area contributed by atoms with Crippen molar-refractivity contribution in [3.63, 3.8) is 0 Å². The normalized spacial score (nSPS) is 20.3. The Balaban J connectivity index is 1.71. The second kappa shape index (κ2) is 10.5. The molecule has 1 aliphatic rings. The van der Waals surface area contributed by atoms with Crippen LogP contribution in [0.15, 0.2) is 36.4 Å². The van der Waals surface area contributed by atoms with Gasteiger partial charge in [0.1, 0.15) is 6.79 Å². The maximum absolute atomic E-state index is 14.3. The lowest BCUT2D eigenvalue weighted by molar-refractivity contribution is -0.306. The molecular formula is C23H22F8O3. The zero-order valence-electron chi connectivity index (χ0n) is 18.0. The topological polar surface area (TPSA) is 27.7 Å². The van der Waals surface area contributed by atoms with Crippen LogP contribution in [0.25, 0.3) is 11.1 Å². The first kappa shape index (κ1) is 26.2. The first-order valence-corrected chi connectivity index (χ1v) is 10.4. The molecule has 11 heteroatoms. The van der Waals surface area contributed by atoms with Gasteiger partial charge < -0.3 is 14.2 Å². The van der Waals surface area contributed by atoms with E-state index in [1.165, 1.54) is 0 Å². The van der Waals surface area contributed by atoms with E-state index in [4.69, 9.17) is 9.47 Å². The van der Waals surface area contributed by atoms with Crippen LogP contribution in [-0.2, 0) is 9.47 Å². The van der Waals surface area contributed by atoms with Gasteiger partial charge in [0.25, 0.3) is 6.17 Å². The number of hydrogen-bond acceptors (Lipinski definition) is 3. The molecule has 0 bridgehead atoms. The van der Waals surface area contributed by atoms with Crippen LogP contribution < -0.4 is 4.74 Å². The fraction of sp³-hybridized carbons (Fsp3) is 0.478. The average Bonchev–Trinajstić information content (AvgIpc) is 2.79. The lowest BCUT2D eigenvalue weighted by Crippen LogP contribution is -2.46. The van der Waals surface area contributed by atoms with Gasteiger partial charge in [0.05, 0.1) is 6.10 Å². The number of ether oxygens (including phenoxy) is 3. The number of rotatable bonds is 8. The second-order valence-corrected chi connectivity index (χ2v) is 8.01. The molecule has 1 saturated carbocycles. The summed E-state index contributed by atoms with van der Waals surface area (Å²) in [6, 6.07) is 8.00. The van der Waals surface area contributed by atoms with E-state index in [1.54, 1.807) is 31.4 Å². The maximum Gasteiger partial charge on any atom is 0.439 e. The van der Waals surface area contributed by atoms with Crippen molar-refractivity contribution < 1.29 is 49.3 Å². The molecule has 0 saturated heterocycles. The van der Waals surface area contributed by atoms with Gasteiger partial charge in [-0.3, -0.25) is 0 Å². The van der Waals surface area contributed by atoms with Crippen LogP contribution in [0.5, 0.6) is 5.75 Å². The molecule has 1 aliphatic carbocycles. The Morgan fingerprint density at radius 2 is 1.44 bits per heavy atom. The molecule has 3 rings (SSSR count). The standard InChI is InChI=1S/C23H22F8O3/c1-32-12-33-17-8-6-14(7-9-17)13-2-4-15(5-3-13)16-10-18(24)20(19(25)11-16)34-23(30,31)21(26)22(27,28)29/h2-5,10-11,14,17,21H,6-9,12H2,1H3. The molecular weight excluding hydrogens is 476 g/mol. The van der Waals surface area contributed by atoms with Gasteiger partial charge in [-0.15, -0.1) is 0 Å². The van der Waals surface area contributed by atoms with Crippen LogP contribution >= 0.6 is 0 Å². The van der Waals surface area contributed by atoms with Crippen LogP contribution in [-0.4, -0.2) is 38.5 Å². The average molecular weight is 498 g/mol. The Bertz CT molecular complexity index is 931. The summed E-state index contributed by atoms with van der Waals surface area (Å²) < 4.78 is 119. The molecule has 0 aliphatic heterocycles. The lowest BCUT2D eigenvalue weighted by atomic mass is 9.82. The fourth-order valence-electron chi connectivity index (χ4n) is 3.88. The Morgan fingerprint density at radius 3 is 1.94 bits per heavy atom. The van der Waals surface area contributed by atoms with Gasteiger partial charge in [-0.2, -0.15) is 22.0 Å². The SMILES string of the molecule is COCOC1CCC(c2ccc(-c3cc(F)c(OC(F)(F)C(F)C(F)(F)F)c(F)c3)cc2)CC1. The van der Waals surface area contributed by atoms with E-state index >= 15 is 0 Å². The summed E-state index contributed by atoms with van der Waals surface area (Å²) in [6.07, 6.45) is -12.7. The van der Waals surface area contributed by atoms with E-state index < -0.39 is 35.8 Å². The van der Waals surface area contributed by atoms with E-state index in [-0.39, 0.29) is 24.4 Å². The monoisotopic (exact) mass is 498 g/mol. The Morgan fingerprint density at radius 1 is 0.882 bits per heavy atom. The maximum atomic E-state index is 14.3. The summed E-state index contributed by atoms with van der Waals surface area (Å²) in [5, 5.41) is 0. The van der Waals surface area contributed by atoms with Gasteiger partial charge >= 0.3 is 12.3 Å². The number of benzene rings is 2. The molecule has 2 aromatic rings. The van der Waals surface area contributed by atoms with E-state index in [2.05, 4.69) is 4.74 Å². The van der Waals surface area contributed by atoms with Gasteiger partial charge in [-0.05, 0) is 60.4 Å². The minimum absolute atomic E-state index is 0.0542. The third-order valence-corrected chi connectivity index (χ3v) is 5.63. The lowest BCUT2D eigenvalue weighted by Gasteiger charge is -2.28. The molecule has 0 N–H and O–H groups in total. The molecule has 0 spiro atoms. The van der Waals surface area contributed by atoms with Crippen LogP contribution in [0.4, 0.5) is 35.1 Å². The van der Waals surface area contributed by atoms with Gasteiger partial charge in [0.15, 0.2) is 17.4 Å². The van der Waals surface area contributed by atoms with E-state index in [0.717, 1.165) is 31.2 Å². The van der Waals surface area contributed by atoms with Crippen LogP contribution in [0.3, 0.4) is 0 Å². The predicted molar refractivity (Wildman–Crippen MR) is 106 cm³/mol. The number of alkyl halides is 6. The van der Waals surface area contributed by atoms with Crippen LogP contribution in [0.1, 0.15) is 37.2 Å². The minimum atomic E-state index is -5.98. The molecule has 2 aromatic carbocycles. The quantitative estimate of drug-likeness (QED) is 0.286. The van der Waals surface area contributed by atoms with Crippen molar-refractivity contribution in [1.82, 2.24) is 0 Å². The summed E-state index contributed by atoms with van der Waals surface area (Å²) in [5.74, 6) is -4.92. The highest BCUT2D eigenvalue weighted by Gasteiger charge is 2.59. The molecule has 0 heterocycles. The van der Waals surface area contributed by atoms with Crippen molar-refractivity contribution in [3.8, 4) is 16.9 Å². The molecule has 3 nitrogen and oxygen atoms in total. The highest BCUT2D eigenvalue weighted by Crippen LogP contribution is 2.39. The summed E-state index contributed by atoms with van der Waals surface area (Å²) in [5.41, 5.74) is 1.30. The molecule has 0 amide bonds. The highest BCUT2D eigenvalue weighted by atomic mass is 19.4. The van der Waals surface area contributed by atoms with Gasteiger partial charge in [0, 0.05) is 7.11 Å². The van der Waals surface area contributed by atoms with Crippen LogP contribution in [0, 0.1) is 11.6 Å². The van der Waals surface area contributed by atoms with Crippen LogP contribution in [0.2, 0.25) is 0 Å². The van der Waals surface area contributed by atoms with Gasteiger partial charge in [-0.25, -0.2) is 13.2 Å². The van der Waals surface area contributed by atoms with Crippen molar-refractivity contribution in [2.45, 2.75) is 56.2 Å². The van der Waals surface area contributed by atoms with E-state index in [1.807, 2.05) is 0 Å². The first-order chi connectivity index (χ1) is 15.9. The molecule has 1 unspecified atom stereocenters. The number of methoxy groups -OCH3 is 1. The fourth-order valence-corrected chi connectivity index (χ4v) is 3.88. The molecule has 1 fully saturated rings. The molecule has 1 atom stereocenters. The second-order valence-electron chi connectivity index (χ2n) is 8.01. The smallest absolute Gasteiger partial charge is 0.424 e. The van der Waals surface area contributed by atoms with Gasteiger partial charge in [0.2, 0.25) is 0 Å². The van der Waals surface area contributed by atoms with Crippen molar-refractivity contribution in [2.24, 2.45) is 0 Å². The van der Waals surface area contributed by atoms with Crippen molar-refractivity contribution in [3.05, 3.63) is 53.6 Å². The highest BCUT2D eigenvalue weighted by molar-refractivity contribution is 5.65. The van der Waals surface area contributed by atoms with E-state index in [0.29, 0.717) is 17.7 Å². The minimum Gasteiger partial charge on any atom is -0.424 e.